The van der Waals surface area contributed by atoms with Crippen molar-refractivity contribution in [1.82, 2.24) is 20.4 Å². The largest absolute Gasteiger partial charge is 0.337 e. The summed E-state index contributed by atoms with van der Waals surface area (Å²) in [4.78, 5) is 14.3. The molecule has 1 aliphatic heterocycles. The minimum absolute atomic E-state index is 0.0743. The van der Waals surface area contributed by atoms with E-state index in [-0.39, 0.29) is 5.91 Å². The number of piperidine rings is 1. The molecule has 0 aliphatic carbocycles. The number of carbonyl (C=O) groups excluding carboxylic acids is 1. The van der Waals surface area contributed by atoms with Gasteiger partial charge in [0.2, 0.25) is 0 Å². The molecule has 2 aromatic rings. The molecule has 5 nitrogen and oxygen atoms in total. The normalized spacial score (nSPS) is 19.5. The highest BCUT2D eigenvalue weighted by molar-refractivity contribution is 5.97. The van der Waals surface area contributed by atoms with Gasteiger partial charge in [-0.2, -0.15) is 5.10 Å². The van der Waals surface area contributed by atoms with Gasteiger partial charge < -0.3 is 10.2 Å². The van der Waals surface area contributed by atoms with E-state index < -0.39 is 0 Å². The van der Waals surface area contributed by atoms with Gasteiger partial charge >= 0.3 is 0 Å². The molecule has 19 heavy (non-hydrogen) atoms. The van der Waals surface area contributed by atoms with Crippen molar-refractivity contribution in [2.75, 3.05) is 20.1 Å². The van der Waals surface area contributed by atoms with Gasteiger partial charge in [-0.25, -0.2) is 0 Å². The number of amides is 1. The van der Waals surface area contributed by atoms with Gasteiger partial charge in [0.25, 0.3) is 5.91 Å². The molecule has 100 valence electrons. The summed E-state index contributed by atoms with van der Waals surface area (Å²) < 4.78 is 0. The Bertz CT molecular complexity index is 586. The number of carbonyl (C=O) groups is 1. The highest BCUT2D eigenvalue weighted by Gasteiger charge is 2.22. The summed E-state index contributed by atoms with van der Waals surface area (Å²) in [6, 6.07) is 5.96. The molecular formula is C14H18N4O. The number of hydrogen-bond donors (Lipinski definition) is 2. The van der Waals surface area contributed by atoms with E-state index in [0.717, 1.165) is 36.8 Å². The van der Waals surface area contributed by atoms with Crippen LogP contribution in [0.3, 0.4) is 0 Å². The first kappa shape index (κ1) is 12.2. The number of hydrogen-bond acceptors (Lipinski definition) is 3. The molecular weight excluding hydrogens is 240 g/mol. The Labute approximate surface area is 112 Å². The van der Waals surface area contributed by atoms with Crippen molar-refractivity contribution < 1.29 is 4.79 Å². The van der Waals surface area contributed by atoms with Gasteiger partial charge in [-0.15, -0.1) is 0 Å². The quantitative estimate of drug-likeness (QED) is 0.855. The zero-order chi connectivity index (χ0) is 13.2. The van der Waals surface area contributed by atoms with Crippen molar-refractivity contribution in [2.45, 2.75) is 18.9 Å². The third-order valence-corrected chi connectivity index (χ3v) is 3.83. The average Bonchev–Trinajstić information content (AvgIpc) is 2.94. The second-order valence-electron chi connectivity index (χ2n) is 5.09. The molecule has 3 rings (SSSR count). The van der Waals surface area contributed by atoms with E-state index in [9.17, 15) is 4.79 Å². The van der Waals surface area contributed by atoms with Crippen LogP contribution in [0.25, 0.3) is 10.9 Å². The molecule has 1 aromatic heterocycles. The molecule has 0 radical (unpaired) electrons. The highest BCUT2D eigenvalue weighted by atomic mass is 16.2. The molecule has 1 unspecified atom stereocenters. The summed E-state index contributed by atoms with van der Waals surface area (Å²) in [5.41, 5.74) is 1.62. The first-order valence-electron chi connectivity index (χ1n) is 6.67. The lowest BCUT2D eigenvalue weighted by Crippen LogP contribution is -2.46. The lowest BCUT2D eigenvalue weighted by molar-refractivity contribution is 0.0708. The summed E-state index contributed by atoms with van der Waals surface area (Å²) in [6.07, 6.45) is 3.96. The number of nitrogens with one attached hydrogen (secondary N) is 2. The smallest absolute Gasteiger partial charge is 0.253 e. The summed E-state index contributed by atoms with van der Waals surface area (Å²) in [5.74, 6) is 0.0743. The molecule has 1 amide bonds. The lowest BCUT2D eigenvalue weighted by atomic mass is 10.0. The predicted octanol–water partition coefficient (Wildman–Crippen LogP) is 1.39. The van der Waals surface area contributed by atoms with Crippen molar-refractivity contribution in [3.63, 3.8) is 0 Å². The predicted molar refractivity (Wildman–Crippen MR) is 74.1 cm³/mol. The molecule has 2 heterocycles. The topological polar surface area (TPSA) is 61.0 Å². The summed E-state index contributed by atoms with van der Waals surface area (Å²) >= 11 is 0. The third kappa shape index (κ3) is 2.33. The maximum Gasteiger partial charge on any atom is 0.253 e. The first-order valence-corrected chi connectivity index (χ1v) is 6.67. The molecule has 5 heteroatoms. The van der Waals surface area contributed by atoms with Crippen LogP contribution in [0.4, 0.5) is 0 Å². The van der Waals surface area contributed by atoms with Crippen molar-refractivity contribution in [3.8, 4) is 0 Å². The van der Waals surface area contributed by atoms with Crippen LogP contribution in [0.15, 0.2) is 24.4 Å². The number of benzene rings is 1. The Morgan fingerprint density at radius 2 is 2.37 bits per heavy atom. The average molecular weight is 258 g/mol. The van der Waals surface area contributed by atoms with Gasteiger partial charge in [-0.05, 0) is 31.5 Å². The van der Waals surface area contributed by atoms with Crippen LogP contribution >= 0.6 is 0 Å². The fraction of sp³-hybridized carbons (Fsp3) is 0.429. The number of aromatic amines is 1. The van der Waals surface area contributed by atoms with Crippen LogP contribution in [0, 0.1) is 0 Å². The summed E-state index contributed by atoms with van der Waals surface area (Å²) in [6.45, 7) is 1.94. The zero-order valence-corrected chi connectivity index (χ0v) is 11.0. The van der Waals surface area contributed by atoms with Gasteiger partial charge in [0, 0.05) is 30.6 Å². The van der Waals surface area contributed by atoms with Crippen LogP contribution in [0.2, 0.25) is 0 Å². The first-order chi connectivity index (χ1) is 9.25. The van der Waals surface area contributed by atoms with Crippen molar-refractivity contribution in [2.24, 2.45) is 0 Å². The van der Waals surface area contributed by atoms with E-state index in [0.29, 0.717) is 11.6 Å². The molecule has 1 atom stereocenters. The molecule has 1 saturated heterocycles. The van der Waals surface area contributed by atoms with Crippen molar-refractivity contribution >= 4 is 16.8 Å². The maximum absolute atomic E-state index is 12.5. The second kappa shape index (κ2) is 5.01. The third-order valence-electron chi connectivity index (χ3n) is 3.83. The molecule has 2 N–H and O–H groups in total. The number of fused-ring (bicyclic) bond motifs is 1. The van der Waals surface area contributed by atoms with E-state index in [1.54, 1.807) is 6.20 Å². The Balaban J connectivity index is 1.81. The van der Waals surface area contributed by atoms with Gasteiger partial charge in [-0.3, -0.25) is 9.89 Å². The standard InChI is InChI=1S/C14H18N4O/c1-18(12-3-2-6-15-9-12)14(19)10-4-5-11-8-16-17-13(11)7-10/h4-5,7-8,12,15H,2-3,6,9H2,1H3,(H,16,17). The number of aromatic nitrogens is 2. The van der Waals surface area contributed by atoms with Crippen LogP contribution in [0.1, 0.15) is 23.2 Å². The fourth-order valence-electron chi connectivity index (χ4n) is 2.60. The van der Waals surface area contributed by atoms with Crippen LogP contribution < -0.4 is 5.32 Å². The van der Waals surface area contributed by atoms with E-state index in [1.807, 2.05) is 30.1 Å². The van der Waals surface area contributed by atoms with Gasteiger partial charge in [0.15, 0.2) is 0 Å². The maximum atomic E-state index is 12.5. The summed E-state index contributed by atoms with van der Waals surface area (Å²) in [5, 5.41) is 11.2. The van der Waals surface area contributed by atoms with Gasteiger partial charge in [0.05, 0.1) is 11.7 Å². The van der Waals surface area contributed by atoms with Gasteiger partial charge in [-0.1, -0.05) is 6.07 Å². The van der Waals surface area contributed by atoms with E-state index >= 15 is 0 Å². The Hall–Kier alpha value is -1.88. The van der Waals surface area contributed by atoms with E-state index in [4.69, 9.17) is 0 Å². The highest BCUT2D eigenvalue weighted by Crippen LogP contribution is 2.16. The molecule has 1 fully saturated rings. The Morgan fingerprint density at radius 3 is 3.16 bits per heavy atom. The monoisotopic (exact) mass is 258 g/mol. The fourth-order valence-corrected chi connectivity index (χ4v) is 2.60. The molecule has 1 aromatic carbocycles. The van der Waals surface area contributed by atoms with Crippen molar-refractivity contribution in [3.05, 3.63) is 30.0 Å². The number of rotatable bonds is 2. The molecule has 0 saturated carbocycles. The van der Waals surface area contributed by atoms with Crippen molar-refractivity contribution in [1.29, 1.82) is 0 Å². The zero-order valence-electron chi connectivity index (χ0n) is 11.0. The number of likely N-dealkylation sites (N-methyl/N-ethyl adjacent to an activating group) is 1. The Morgan fingerprint density at radius 1 is 1.47 bits per heavy atom. The minimum atomic E-state index is 0.0743. The van der Waals surface area contributed by atoms with Crippen LogP contribution in [-0.2, 0) is 0 Å². The van der Waals surface area contributed by atoms with E-state index in [2.05, 4.69) is 15.5 Å². The SMILES string of the molecule is CN(C(=O)c1ccc2cn[nH]c2c1)C1CCCNC1. The van der Waals surface area contributed by atoms with E-state index in [1.165, 1.54) is 0 Å². The molecule has 0 bridgehead atoms. The van der Waals surface area contributed by atoms with Crippen LogP contribution in [0.5, 0.6) is 0 Å². The molecule has 1 aliphatic rings. The van der Waals surface area contributed by atoms with Crippen LogP contribution in [-0.4, -0.2) is 47.2 Å². The summed E-state index contributed by atoms with van der Waals surface area (Å²) in [7, 11) is 1.89. The Kier molecular flexibility index (Phi) is 3.21. The number of nitrogens with zero attached hydrogens (tertiary/aromatic N) is 2. The minimum Gasteiger partial charge on any atom is -0.337 e. The lowest BCUT2D eigenvalue weighted by Gasteiger charge is -2.31. The van der Waals surface area contributed by atoms with Gasteiger partial charge in [0.1, 0.15) is 0 Å². The second-order valence-corrected chi connectivity index (χ2v) is 5.09. The number of H-pyrrole nitrogens is 1. The molecule has 0 spiro atoms.